The molecule has 2 rings (SSSR count). The monoisotopic (exact) mass is 327 g/mol. The number of piperazine rings is 1. The van der Waals surface area contributed by atoms with E-state index in [0.29, 0.717) is 6.54 Å². The van der Waals surface area contributed by atoms with Gasteiger partial charge in [0.15, 0.2) is 5.75 Å². The molecular formula is C14H18ClN3O4. The Morgan fingerprint density at radius 3 is 3.05 bits per heavy atom. The van der Waals surface area contributed by atoms with Gasteiger partial charge in [-0.25, -0.2) is 0 Å². The van der Waals surface area contributed by atoms with Crippen molar-refractivity contribution in [2.45, 2.75) is 19.4 Å². The minimum absolute atomic E-state index is 0.00869. The lowest BCUT2D eigenvalue weighted by Gasteiger charge is -2.34. The number of hydrogen-bond acceptors (Lipinski definition) is 5. The second kappa shape index (κ2) is 7.42. The Morgan fingerprint density at radius 2 is 2.36 bits per heavy atom. The zero-order chi connectivity index (χ0) is 16.1. The average Bonchev–Trinajstić information content (AvgIpc) is 2.48. The van der Waals surface area contributed by atoms with E-state index in [4.69, 9.17) is 16.3 Å². The van der Waals surface area contributed by atoms with Gasteiger partial charge >= 0.3 is 5.69 Å². The Bertz CT molecular complexity index is 567. The van der Waals surface area contributed by atoms with Crippen LogP contribution < -0.4 is 10.1 Å². The van der Waals surface area contributed by atoms with E-state index < -0.39 is 4.92 Å². The highest BCUT2D eigenvalue weighted by Crippen LogP contribution is 2.29. The first-order valence-corrected chi connectivity index (χ1v) is 7.43. The molecule has 7 nitrogen and oxygen atoms in total. The predicted octanol–water partition coefficient (Wildman–Crippen LogP) is 1.84. The standard InChI is InChI=1S/C14H18ClN3O4/c1-10-9-16-5-6-17(10)14(19)4-7-22-13-3-2-11(15)8-12(13)18(20)21/h2-3,8,10,16H,4-7,9H2,1H3. The van der Waals surface area contributed by atoms with Gasteiger partial charge in [-0.05, 0) is 19.1 Å². The fourth-order valence-electron chi connectivity index (χ4n) is 2.36. The average molecular weight is 328 g/mol. The van der Waals surface area contributed by atoms with Crippen molar-refractivity contribution in [2.75, 3.05) is 26.2 Å². The van der Waals surface area contributed by atoms with Crippen LogP contribution in [0.15, 0.2) is 18.2 Å². The van der Waals surface area contributed by atoms with Gasteiger partial charge in [-0.1, -0.05) is 11.6 Å². The van der Waals surface area contributed by atoms with E-state index >= 15 is 0 Å². The summed E-state index contributed by atoms with van der Waals surface area (Å²) in [5, 5.41) is 14.4. The highest BCUT2D eigenvalue weighted by atomic mass is 35.5. The number of carbonyl (C=O) groups is 1. The van der Waals surface area contributed by atoms with Crippen LogP contribution in [0.1, 0.15) is 13.3 Å². The molecule has 1 heterocycles. The summed E-state index contributed by atoms with van der Waals surface area (Å²) in [4.78, 5) is 24.3. The fourth-order valence-corrected chi connectivity index (χ4v) is 2.53. The summed E-state index contributed by atoms with van der Waals surface area (Å²) in [6.45, 7) is 4.29. The maximum atomic E-state index is 12.1. The van der Waals surface area contributed by atoms with Crippen molar-refractivity contribution < 1.29 is 14.5 Å². The van der Waals surface area contributed by atoms with Crippen LogP contribution in [0, 0.1) is 10.1 Å². The lowest BCUT2D eigenvalue weighted by molar-refractivity contribution is -0.385. The summed E-state index contributed by atoms with van der Waals surface area (Å²) in [5.74, 6) is 0.112. The van der Waals surface area contributed by atoms with Crippen molar-refractivity contribution in [3.8, 4) is 5.75 Å². The fraction of sp³-hybridized carbons (Fsp3) is 0.500. The quantitative estimate of drug-likeness (QED) is 0.659. The van der Waals surface area contributed by atoms with Gasteiger partial charge in [0.25, 0.3) is 0 Å². The predicted molar refractivity (Wildman–Crippen MR) is 82.3 cm³/mol. The molecule has 1 atom stereocenters. The first kappa shape index (κ1) is 16.5. The molecule has 0 saturated carbocycles. The molecule has 1 fully saturated rings. The molecule has 1 aromatic carbocycles. The van der Waals surface area contributed by atoms with Gasteiger partial charge in [-0.2, -0.15) is 0 Å². The number of nitro benzene ring substituents is 1. The SMILES string of the molecule is CC1CNCCN1C(=O)CCOc1ccc(Cl)cc1[N+](=O)[O-]. The number of nitrogens with one attached hydrogen (secondary N) is 1. The van der Waals surface area contributed by atoms with E-state index in [0.717, 1.165) is 13.1 Å². The molecule has 0 radical (unpaired) electrons. The number of hydrogen-bond donors (Lipinski definition) is 1. The molecule has 0 aliphatic carbocycles. The largest absolute Gasteiger partial charge is 0.486 e. The third kappa shape index (κ3) is 4.08. The Morgan fingerprint density at radius 1 is 1.59 bits per heavy atom. The maximum absolute atomic E-state index is 12.1. The molecule has 1 aliphatic heterocycles. The molecule has 1 aromatic rings. The van der Waals surface area contributed by atoms with Gasteiger partial charge in [-0.15, -0.1) is 0 Å². The Hall–Kier alpha value is -1.86. The summed E-state index contributed by atoms with van der Waals surface area (Å²) in [7, 11) is 0. The van der Waals surface area contributed by atoms with Crippen LogP contribution in [0.3, 0.4) is 0 Å². The van der Waals surface area contributed by atoms with Crippen molar-refractivity contribution in [2.24, 2.45) is 0 Å². The highest BCUT2D eigenvalue weighted by molar-refractivity contribution is 6.30. The van der Waals surface area contributed by atoms with Gasteiger partial charge in [-0.3, -0.25) is 14.9 Å². The van der Waals surface area contributed by atoms with Crippen molar-refractivity contribution in [1.29, 1.82) is 0 Å². The van der Waals surface area contributed by atoms with Crippen LogP contribution in [-0.2, 0) is 4.79 Å². The Kier molecular flexibility index (Phi) is 5.57. The number of halogens is 1. The third-order valence-electron chi connectivity index (χ3n) is 3.51. The van der Waals surface area contributed by atoms with E-state index in [1.54, 1.807) is 4.90 Å². The van der Waals surface area contributed by atoms with Crippen LogP contribution >= 0.6 is 11.6 Å². The van der Waals surface area contributed by atoms with E-state index in [2.05, 4.69) is 5.32 Å². The van der Waals surface area contributed by atoms with Gasteiger partial charge in [0.2, 0.25) is 5.91 Å². The number of rotatable bonds is 5. The second-order valence-corrected chi connectivity index (χ2v) is 5.54. The van der Waals surface area contributed by atoms with Crippen LogP contribution in [0.25, 0.3) is 0 Å². The zero-order valence-corrected chi connectivity index (χ0v) is 13.0. The van der Waals surface area contributed by atoms with Crippen molar-refractivity contribution >= 4 is 23.2 Å². The summed E-state index contributed by atoms with van der Waals surface area (Å²) < 4.78 is 5.39. The summed E-state index contributed by atoms with van der Waals surface area (Å²) in [5.41, 5.74) is -0.199. The molecule has 1 amide bonds. The number of nitro groups is 1. The normalized spacial score (nSPS) is 18.1. The molecule has 1 saturated heterocycles. The Labute approximate surface area is 133 Å². The molecule has 0 spiro atoms. The molecule has 120 valence electrons. The van der Waals surface area contributed by atoms with Gasteiger partial charge < -0.3 is 15.0 Å². The number of ether oxygens (including phenoxy) is 1. The smallest absolute Gasteiger partial charge is 0.312 e. The van der Waals surface area contributed by atoms with Crippen LogP contribution in [0.5, 0.6) is 5.75 Å². The third-order valence-corrected chi connectivity index (χ3v) is 3.75. The lowest BCUT2D eigenvalue weighted by atomic mass is 10.2. The summed E-state index contributed by atoms with van der Waals surface area (Å²) >= 11 is 5.74. The van der Waals surface area contributed by atoms with Crippen LogP contribution in [0.4, 0.5) is 5.69 Å². The zero-order valence-electron chi connectivity index (χ0n) is 12.3. The molecule has 22 heavy (non-hydrogen) atoms. The van der Waals surface area contributed by atoms with Gasteiger partial charge in [0.1, 0.15) is 0 Å². The minimum atomic E-state index is -0.554. The molecule has 0 bridgehead atoms. The summed E-state index contributed by atoms with van der Waals surface area (Å²) in [6.07, 6.45) is 0.185. The number of nitrogens with zero attached hydrogens (tertiary/aromatic N) is 2. The van der Waals surface area contributed by atoms with Crippen molar-refractivity contribution in [3.05, 3.63) is 33.3 Å². The highest BCUT2D eigenvalue weighted by Gasteiger charge is 2.23. The van der Waals surface area contributed by atoms with E-state index in [1.807, 2.05) is 6.92 Å². The van der Waals surface area contributed by atoms with E-state index in [-0.39, 0.29) is 41.4 Å². The van der Waals surface area contributed by atoms with Crippen molar-refractivity contribution in [1.82, 2.24) is 10.2 Å². The molecule has 1 aliphatic rings. The molecule has 8 heteroatoms. The van der Waals surface area contributed by atoms with E-state index in [1.165, 1.54) is 18.2 Å². The summed E-state index contributed by atoms with van der Waals surface area (Å²) in [6, 6.07) is 4.34. The number of carbonyl (C=O) groups excluding carboxylic acids is 1. The molecule has 1 unspecified atom stereocenters. The first-order valence-electron chi connectivity index (χ1n) is 7.06. The molecule has 0 aromatic heterocycles. The van der Waals surface area contributed by atoms with Crippen LogP contribution in [-0.4, -0.2) is 48.0 Å². The number of amides is 1. The Balaban J connectivity index is 1.91. The lowest BCUT2D eigenvalue weighted by Crippen LogP contribution is -2.52. The second-order valence-electron chi connectivity index (χ2n) is 5.11. The van der Waals surface area contributed by atoms with Gasteiger partial charge in [0, 0.05) is 36.8 Å². The van der Waals surface area contributed by atoms with E-state index in [9.17, 15) is 14.9 Å². The maximum Gasteiger partial charge on any atom is 0.312 e. The van der Waals surface area contributed by atoms with Gasteiger partial charge in [0.05, 0.1) is 18.0 Å². The minimum Gasteiger partial charge on any atom is -0.486 e. The van der Waals surface area contributed by atoms with Crippen LogP contribution in [0.2, 0.25) is 5.02 Å². The number of benzene rings is 1. The molecule has 1 N–H and O–H groups in total. The van der Waals surface area contributed by atoms with Crippen molar-refractivity contribution in [3.63, 3.8) is 0 Å². The topological polar surface area (TPSA) is 84.7 Å². The first-order chi connectivity index (χ1) is 10.5. The molecular weight excluding hydrogens is 310 g/mol.